The van der Waals surface area contributed by atoms with Crippen LogP contribution in [0.4, 0.5) is 0 Å². The van der Waals surface area contributed by atoms with Crippen LogP contribution in [-0.2, 0) is 0 Å². The summed E-state index contributed by atoms with van der Waals surface area (Å²) in [5, 5.41) is -0.137. The van der Waals surface area contributed by atoms with Gasteiger partial charge in [0.2, 0.25) is 0 Å². The number of nitrogens with zero attached hydrogens (tertiary/aromatic N) is 4. The van der Waals surface area contributed by atoms with Gasteiger partial charge in [0.1, 0.15) is 11.2 Å². The molecule has 0 unspecified atom stereocenters. The normalized spacial score (nSPS) is 14.7. The number of hydrogen-bond acceptors (Lipinski definition) is 4. The molecule has 0 spiro atoms. The van der Waals surface area contributed by atoms with Crippen molar-refractivity contribution in [2.45, 2.75) is 0 Å². The van der Waals surface area contributed by atoms with E-state index in [-0.39, 0.29) is 96.6 Å². The van der Waals surface area contributed by atoms with Gasteiger partial charge in [-0.3, -0.25) is 0 Å². The second-order valence-electron chi connectivity index (χ2n) is 14.5. The van der Waals surface area contributed by atoms with Crippen molar-refractivity contribution in [3.05, 3.63) is 218 Å². The summed E-state index contributed by atoms with van der Waals surface area (Å²) < 4.78 is 131. The number of rotatable bonds is 7. The van der Waals surface area contributed by atoms with E-state index in [1.165, 1.54) is 10.6 Å². The lowest BCUT2D eigenvalue weighted by atomic mass is 9.95. The van der Waals surface area contributed by atoms with Gasteiger partial charge in [0.15, 0.2) is 17.5 Å². The van der Waals surface area contributed by atoms with Crippen molar-refractivity contribution in [3.8, 4) is 73.2 Å². The summed E-state index contributed by atoms with van der Waals surface area (Å²) in [6.45, 7) is 0. The quantitative estimate of drug-likeness (QED) is 0.161. The molecule has 0 radical (unpaired) electrons. The summed E-state index contributed by atoms with van der Waals surface area (Å²) >= 11 is 0. The van der Waals surface area contributed by atoms with Crippen molar-refractivity contribution < 1.29 is 23.6 Å². The van der Waals surface area contributed by atoms with E-state index in [4.69, 9.17) is 34.4 Å². The fraction of sp³-hybridized carbons (Fsp3) is 0. The molecular formula is C57H36N4O. The molecule has 290 valence electrons. The van der Waals surface area contributed by atoms with Crippen LogP contribution in [0.1, 0.15) is 19.2 Å². The van der Waals surface area contributed by atoms with Gasteiger partial charge >= 0.3 is 0 Å². The minimum atomic E-state index is -0.539. The smallest absolute Gasteiger partial charge is 0.166 e. The molecule has 0 saturated carbocycles. The zero-order valence-corrected chi connectivity index (χ0v) is 32.4. The van der Waals surface area contributed by atoms with E-state index in [0.29, 0.717) is 22.3 Å². The van der Waals surface area contributed by atoms with Crippen LogP contribution in [0.15, 0.2) is 222 Å². The van der Waals surface area contributed by atoms with Gasteiger partial charge in [0, 0.05) is 43.8 Å². The molecule has 0 atom stereocenters. The van der Waals surface area contributed by atoms with Crippen LogP contribution in [-0.4, -0.2) is 19.5 Å². The highest BCUT2D eigenvalue weighted by Gasteiger charge is 2.21. The number of benzene rings is 9. The molecular weight excluding hydrogens is 757 g/mol. The lowest BCUT2D eigenvalue weighted by Gasteiger charge is -2.15. The average molecular weight is 807 g/mol. The Hall–Kier alpha value is -8.41. The van der Waals surface area contributed by atoms with Gasteiger partial charge < -0.3 is 8.98 Å². The van der Waals surface area contributed by atoms with E-state index >= 15 is 0 Å². The van der Waals surface area contributed by atoms with Crippen LogP contribution in [0.2, 0.25) is 0 Å². The molecule has 5 heteroatoms. The van der Waals surface area contributed by atoms with Gasteiger partial charge in [-0.1, -0.05) is 164 Å². The van der Waals surface area contributed by atoms with Gasteiger partial charge in [-0.15, -0.1) is 0 Å². The van der Waals surface area contributed by atoms with Crippen LogP contribution in [0.5, 0.6) is 0 Å². The molecule has 0 N–H and O–H groups in total. The summed E-state index contributed by atoms with van der Waals surface area (Å²) in [5.41, 5.74) is 5.28. The van der Waals surface area contributed by atoms with E-state index in [2.05, 4.69) is 6.07 Å². The summed E-state index contributed by atoms with van der Waals surface area (Å²) in [5.74, 6) is 0.425. The standard InChI is InChI=1S/C57H36N4O/c1-3-17-37(18-4-1)41-34-42(38-19-5-2-6-20-38)36-43(35-41)56-58-55(40-22-15-21-39(33-40)44-27-16-28-48-47-25-10-14-32-53(47)62-54(44)48)59-57(60-56)49-26-9-13-31-52(49)61-50-29-11-7-23-45(50)46-24-8-12-30-51(46)61/h1-36H/i7D,8D,10D,11D,14D,16D,23D,24D,25D,27D,28D,29D,30D,32D. The van der Waals surface area contributed by atoms with E-state index in [1.807, 2.05) is 72.8 Å². The predicted octanol–water partition coefficient (Wildman–Crippen LogP) is 14.9. The highest BCUT2D eigenvalue weighted by atomic mass is 16.3. The molecule has 5 nitrogen and oxygen atoms in total. The number of furan rings is 1. The van der Waals surface area contributed by atoms with Gasteiger partial charge in [0.25, 0.3) is 0 Å². The molecule has 62 heavy (non-hydrogen) atoms. The summed E-state index contributed by atoms with van der Waals surface area (Å²) in [6.07, 6.45) is 0. The molecule has 3 heterocycles. The molecule has 0 bridgehead atoms. The average Bonchev–Trinajstić information content (AvgIpc) is 4.26. The highest BCUT2D eigenvalue weighted by molar-refractivity contribution is 6.10. The van der Waals surface area contributed by atoms with Crippen LogP contribution >= 0.6 is 0 Å². The molecule has 3 aromatic heterocycles. The van der Waals surface area contributed by atoms with Crippen molar-refractivity contribution in [2.24, 2.45) is 0 Å². The third kappa shape index (κ3) is 6.06. The van der Waals surface area contributed by atoms with E-state index in [1.54, 1.807) is 48.5 Å². The van der Waals surface area contributed by atoms with Crippen molar-refractivity contribution in [1.29, 1.82) is 0 Å². The predicted molar refractivity (Wildman–Crippen MR) is 254 cm³/mol. The second kappa shape index (κ2) is 14.7. The van der Waals surface area contributed by atoms with E-state index in [9.17, 15) is 4.11 Å². The Labute approximate surface area is 377 Å². The third-order valence-corrected chi connectivity index (χ3v) is 10.9. The molecule has 12 aromatic rings. The van der Waals surface area contributed by atoms with Crippen LogP contribution < -0.4 is 0 Å². The zero-order chi connectivity index (χ0) is 53.2. The fourth-order valence-corrected chi connectivity index (χ4v) is 8.02. The van der Waals surface area contributed by atoms with Crippen molar-refractivity contribution >= 4 is 43.7 Å². The lowest BCUT2D eigenvalue weighted by Crippen LogP contribution is -2.04. The first-order chi connectivity index (χ1) is 36.5. The maximum Gasteiger partial charge on any atom is 0.166 e. The first kappa shape index (κ1) is 24.0. The monoisotopic (exact) mass is 806 g/mol. The Bertz CT molecular complexity index is 4410. The fourth-order valence-electron chi connectivity index (χ4n) is 8.02. The Morgan fingerprint density at radius 1 is 0.371 bits per heavy atom. The van der Waals surface area contributed by atoms with E-state index < -0.39 is 60.4 Å². The molecule has 12 rings (SSSR count). The van der Waals surface area contributed by atoms with Crippen LogP contribution in [0, 0.1) is 0 Å². The maximum atomic E-state index is 9.25. The molecule has 0 aliphatic heterocycles. The second-order valence-corrected chi connectivity index (χ2v) is 14.5. The molecule has 0 fully saturated rings. The van der Waals surface area contributed by atoms with Crippen LogP contribution in [0.25, 0.3) is 117 Å². The molecule has 0 aliphatic rings. The van der Waals surface area contributed by atoms with Crippen molar-refractivity contribution in [2.75, 3.05) is 0 Å². The lowest BCUT2D eigenvalue weighted by molar-refractivity contribution is 0.670. The van der Waals surface area contributed by atoms with Gasteiger partial charge in [-0.05, 0) is 82.3 Å². The first-order valence-electron chi connectivity index (χ1n) is 26.7. The first-order valence-corrected chi connectivity index (χ1v) is 19.7. The number of aromatic nitrogens is 4. The largest absolute Gasteiger partial charge is 0.455 e. The van der Waals surface area contributed by atoms with Crippen molar-refractivity contribution in [1.82, 2.24) is 19.5 Å². The molecule has 0 aliphatic carbocycles. The molecule has 9 aromatic carbocycles. The summed E-state index contributed by atoms with van der Waals surface area (Å²) in [6, 6.07) is 34.5. The van der Waals surface area contributed by atoms with Crippen LogP contribution in [0.3, 0.4) is 0 Å². The van der Waals surface area contributed by atoms with Gasteiger partial charge in [-0.25, -0.2) is 15.0 Å². The summed E-state index contributed by atoms with van der Waals surface area (Å²) in [4.78, 5) is 15.4. The Kier molecular flexibility index (Phi) is 5.69. The molecule has 0 saturated heterocycles. The topological polar surface area (TPSA) is 56.7 Å². The summed E-state index contributed by atoms with van der Waals surface area (Å²) in [7, 11) is 0. The van der Waals surface area contributed by atoms with Crippen molar-refractivity contribution in [3.63, 3.8) is 0 Å². The Balaban J connectivity index is 1.15. The SMILES string of the molecule is [2H]c1cc([2H])c2c(c1[2H])c1c([2H])c([2H])c([2H])c([2H])c1n2-c1ccccc1-c1nc(-c2cc(-c3ccccc3)cc(-c3ccccc3)c2)nc(-c2cccc(-c3c([2H])c([2H])c([2H])c4c3oc3c([2H])c([2H])c([2H])c([2H])c34)c2)n1. The number of para-hydroxylation sites is 5. The van der Waals surface area contributed by atoms with E-state index in [0.717, 1.165) is 22.3 Å². The van der Waals surface area contributed by atoms with Gasteiger partial charge in [-0.2, -0.15) is 0 Å². The minimum Gasteiger partial charge on any atom is -0.455 e. The Morgan fingerprint density at radius 2 is 0.935 bits per heavy atom. The number of hydrogen-bond donors (Lipinski definition) is 0. The Morgan fingerprint density at radius 3 is 1.73 bits per heavy atom. The zero-order valence-electron chi connectivity index (χ0n) is 46.4. The van der Waals surface area contributed by atoms with Gasteiger partial charge in [0.05, 0.1) is 35.9 Å². The molecule has 0 amide bonds. The highest BCUT2D eigenvalue weighted by Crippen LogP contribution is 2.40. The maximum absolute atomic E-state index is 9.25. The third-order valence-electron chi connectivity index (χ3n) is 10.9. The number of fused-ring (bicyclic) bond motifs is 6. The minimum absolute atomic E-state index is 0.00842.